The van der Waals surface area contributed by atoms with Crippen LogP contribution < -0.4 is 11.1 Å². The van der Waals surface area contributed by atoms with E-state index in [1.165, 1.54) is 0 Å². The van der Waals surface area contributed by atoms with Gasteiger partial charge in [-0.05, 0) is 17.4 Å². The van der Waals surface area contributed by atoms with E-state index < -0.39 is 0 Å². The van der Waals surface area contributed by atoms with Crippen LogP contribution in [0.1, 0.15) is 31.6 Å². The molecule has 1 unspecified atom stereocenters. The van der Waals surface area contributed by atoms with Gasteiger partial charge in [-0.3, -0.25) is 0 Å². The topological polar surface area (TPSA) is 58.3 Å². The Kier molecular flexibility index (Phi) is 5.80. The third-order valence-electron chi connectivity index (χ3n) is 3.01. The van der Waals surface area contributed by atoms with E-state index in [1.807, 2.05) is 11.4 Å². The molecule has 16 heavy (non-hydrogen) atoms. The maximum atomic E-state index is 9.92. The summed E-state index contributed by atoms with van der Waals surface area (Å²) < 4.78 is 0. The van der Waals surface area contributed by atoms with E-state index in [9.17, 15) is 5.11 Å². The van der Waals surface area contributed by atoms with E-state index in [1.54, 1.807) is 11.3 Å². The van der Waals surface area contributed by atoms with Crippen LogP contribution in [-0.4, -0.2) is 17.8 Å². The Balaban J connectivity index is 2.27. The zero-order valence-electron chi connectivity index (χ0n) is 10.1. The molecular formula is C12H22N2OS. The Morgan fingerprint density at radius 2 is 2.12 bits per heavy atom. The fourth-order valence-electron chi connectivity index (χ4n) is 1.83. The first-order valence-corrected chi connectivity index (χ1v) is 6.77. The molecule has 0 spiro atoms. The molecule has 1 aromatic rings. The number of anilines is 1. The molecule has 0 bridgehead atoms. The maximum absolute atomic E-state index is 9.92. The quantitative estimate of drug-likeness (QED) is 0.687. The van der Waals surface area contributed by atoms with Gasteiger partial charge in [-0.25, -0.2) is 0 Å². The molecule has 0 aliphatic heterocycles. The van der Waals surface area contributed by atoms with Gasteiger partial charge in [0.15, 0.2) is 0 Å². The van der Waals surface area contributed by atoms with E-state index in [4.69, 9.17) is 5.73 Å². The molecule has 3 nitrogen and oxygen atoms in total. The molecule has 0 saturated heterocycles. The van der Waals surface area contributed by atoms with Gasteiger partial charge < -0.3 is 16.2 Å². The fraction of sp³-hybridized carbons (Fsp3) is 0.667. The van der Waals surface area contributed by atoms with Crippen LogP contribution in [0.2, 0.25) is 0 Å². The van der Waals surface area contributed by atoms with Gasteiger partial charge in [-0.1, -0.05) is 26.7 Å². The van der Waals surface area contributed by atoms with E-state index >= 15 is 0 Å². The predicted molar refractivity (Wildman–Crippen MR) is 70.5 cm³/mol. The Morgan fingerprint density at radius 1 is 1.44 bits per heavy atom. The Hall–Kier alpha value is -0.580. The van der Waals surface area contributed by atoms with Crippen LogP contribution in [0.3, 0.4) is 0 Å². The second kappa shape index (κ2) is 6.89. The van der Waals surface area contributed by atoms with Crippen LogP contribution in [-0.2, 0) is 6.54 Å². The summed E-state index contributed by atoms with van der Waals surface area (Å²) in [4.78, 5) is 1.15. The van der Waals surface area contributed by atoms with Crippen molar-refractivity contribution in [1.82, 2.24) is 5.32 Å². The minimum atomic E-state index is -0.254. The maximum Gasteiger partial charge on any atom is 0.0692 e. The summed E-state index contributed by atoms with van der Waals surface area (Å²) in [6.07, 6.45) is 1.80. The van der Waals surface area contributed by atoms with Crippen LogP contribution in [0.5, 0.6) is 0 Å². The van der Waals surface area contributed by atoms with Gasteiger partial charge in [0.1, 0.15) is 0 Å². The van der Waals surface area contributed by atoms with Crippen molar-refractivity contribution >= 4 is 17.0 Å². The molecule has 1 atom stereocenters. The Labute approximate surface area is 102 Å². The van der Waals surface area contributed by atoms with Crippen LogP contribution in [0.4, 0.5) is 5.69 Å². The second-order valence-electron chi connectivity index (χ2n) is 4.07. The lowest BCUT2D eigenvalue weighted by molar-refractivity contribution is 0.101. The van der Waals surface area contributed by atoms with Gasteiger partial charge in [0, 0.05) is 23.7 Å². The highest BCUT2D eigenvalue weighted by Gasteiger charge is 2.14. The highest BCUT2D eigenvalue weighted by atomic mass is 32.1. The van der Waals surface area contributed by atoms with E-state index in [0.29, 0.717) is 12.5 Å². The highest BCUT2D eigenvalue weighted by molar-refractivity contribution is 7.10. The minimum absolute atomic E-state index is 0.254. The Morgan fingerprint density at radius 3 is 2.62 bits per heavy atom. The lowest BCUT2D eigenvalue weighted by atomic mass is 9.96. The highest BCUT2D eigenvalue weighted by Crippen LogP contribution is 2.18. The van der Waals surface area contributed by atoms with E-state index in [2.05, 4.69) is 19.2 Å². The molecule has 4 N–H and O–H groups in total. The average Bonchev–Trinajstić information content (AvgIpc) is 2.66. The monoisotopic (exact) mass is 242 g/mol. The van der Waals surface area contributed by atoms with Crippen molar-refractivity contribution in [2.45, 2.75) is 39.3 Å². The zero-order valence-corrected chi connectivity index (χ0v) is 10.9. The van der Waals surface area contributed by atoms with Gasteiger partial charge >= 0.3 is 0 Å². The first-order chi connectivity index (χ1) is 7.69. The number of hydrogen-bond donors (Lipinski definition) is 3. The number of aliphatic hydroxyl groups excluding tert-OH is 1. The standard InChI is InChI=1S/C12H22N2OS/c1-3-9(4-2)11(15)7-14-8-12-10(13)5-6-16-12/h5-6,9,11,14-15H,3-4,7-8,13H2,1-2H3. The molecule has 0 amide bonds. The van der Waals surface area contributed by atoms with Gasteiger partial charge in [-0.15, -0.1) is 11.3 Å². The van der Waals surface area contributed by atoms with Crippen molar-refractivity contribution in [2.24, 2.45) is 5.92 Å². The summed E-state index contributed by atoms with van der Waals surface area (Å²) in [7, 11) is 0. The number of hydrogen-bond acceptors (Lipinski definition) is 4. The van der Waals surface area contributed by atoms with Crippen LogP contribution >= 0.6 is 11.3 Å². The third-order valence-corrected chi connectivity index (χ3v) is 3.95. The van der Waals surface area contributed by atoms with Crippen molar-refractivity contribution in [2.75, 3.05) is 12.3 Å². The summed E-state index contributed by atoms with van der Waals surface area (Å²) in [6, 6.07) is 1.92. The minimum Gasteiger partial charge on any atom is -0.398 e. The number of rotatable bonds is 7. The third kappa shape index (κ3) is 3.77. The molecule has 4 heteroatoms. The van der Waals surface area contributed by atoms with Crippen LogP contribution in [0.25, 0.3) is 0 Å². The van der Waals surface area contributed by atoms with Gasteiger partial charge in [0.05, 0.1) is 6.10 Å². The fourth-order valence-corrected chi connectivity index (χ4v) is 2.60. The molecule has 1 heterocycles. The molecule has 0 aromatic carbocycles. The SMILES string of the molecule is CCC(CC)C(O)CNCc1sccc1N. The predicted octanol–water partition coefficient (Wildman–Crippen LogP) is 2.22. The second-order valence-corrected chi connectivity index (χ2v) is 5.07. The lowest BCUT2D eigenvalue weighted by Crippen LogP contribution is -2.32. The smallest absolute Gasteiger partial charge is 0.0692 e. The average molecular weight is 242 g/mol. The van der Waals surface area contributed by atoms with E-state index in [0.717, 1.165) is 30.0 Å². The first-order valence-electron chi connectivity index (χ1n) is 5.89. The lowest BCUT2D eigenvalue weighted by Gasteiger charge is -2.20. The van der Waals surface area contributed by atoms with Gasteiger partial charge in [0.25, 0.3) is 0 Å². The summed E-state index contributed by atoms with van der Waals surface area (Å²) in [6.45, 7) is 5.63. The van der Waals surface area contributed by atoms with Crippen molar-refractivity contribution in [3.05, 3.63) is 16.3 Å². The summed E-state index contributed by atoms with van der Waals surface area (Å²) in [5, 5.41) is 15.2. The van der Waals surface area contributed by atoms with Gasteiger partial charge in [-0.2, -0.15) is 0 Å². The molecular weight excluding hydrogens is 220 g/mol. The van der Waals surface area contributed by atoms with Crippen molar-refractivity contribution < 1.29 is 5.11 Å². The summed E-state index contributed by atoms with van der Waals surface area (Å²) in [5.74, 6) is 0.396. The largest absolute Gasteiger partial charge is 0.398 e. The van der Waals surface area contributed by atoms with E-state index in [-0.39, 0.29) is 6.10 Å². The normalized spacial score (nSPS) is 13.2. The Bertz CT molecular complexity index is 297. The van der Waals surface area contributed by atoms with Crippen molar-refractivity contribution in [1.29, 1.82) is 0 Å². The van der Waals surface area contributed by atoms with Gasteiger partial charge in [0.2, 0.25) is 0 Å². The number of nitrogen functional groups attached to an aromatic ring is 1. The molecule has 0 aliphatic rings. The molecule has 0 saturated carbocycles. The molecule has 0 radical (unpaired) electrons. The molecule has 1 aromatic heterocycles. The summed E-state index contributed by atoms with van der Waals surface area (Å²) in [5.41, 5.74) is 6.62. The van der Waals surface area contributed by atoms with Crippen molar-refractivity contribution in [3.63, 3.8) is 0 Å². The number of thiophene rings is 1. The van der Waals surface area contributed by atoms with Crippen molar-refractivity contribution in [3.8, 4) is 0 Å². The first kappa shape index (κ1) is 13.5. The molecule has 0 aliphatic carbocycles. The number of nitrogens with one attached hydrogen (secondary N) is 1. The summed E-state index contributed by atoms with van der Waals surface area (Å²) >= 11 is 1.65. The molecule has 0 fully saturated rings. The number of nitrogens with two attached hydrogens (primary N) is 1. The van der Waals surface area contributed by atoms with Crippen LogP contribution in [0, 0.1) is 5.92 Å². The molecule has 1 rings (SSSR count). The molecule has 92 valence electrons. The number of aliphatic hydroxyl groups is 1. The van der Waals surface area contributed by atoms with Crippen LogP contribution in [0.15, 0.2) is 11.4 Å². The zero-order chi connectivity index (χ0) is 12.0.